The van der Waals surface area contributed by atoms with Gasteiger partial charge in [0.1, 0.15) is 11.9 Å². The maximum atomic E-state index is 14.6. The molecule has 30 heavy (non-hydrogen) atoms. The van der Waals surface area contributed by atoms with Gasteiger partial charge in [-0.1, -0.05) is 30.3 Å². The van der Waals surface area contributed by atoms with Crippen LogP contribution in [0.1, 0.15) is 24.8 Å². The molecule has 1 aliphatic carbocycles. The molecule has 2 aromatic carbocycles. The number of aryl methyl sites for hydroxylation is 1. The van der Waals surface area contributed by atoms with Crippen LogP contribution in [0, 0.1) is 12.8 Å². The lowest BCUT2D eigenvalue weighted by molar-refractivity contribution is -0.136. The molecule has 0 spiro atoms. The minimum absolute atomic E-state index is 0.112. The summed E-state index contributed by atoms with van der Waals surface area (Å²) < 4.78 is 20.6. The van der Waals surface area contributed by atoms with Gasteiger partial charge in [0, 0.05) is 30.5 Å². The molecular formula is C25H25FN2O2. The lowest BCUT2D eigenvalue weighted by atomic mass is 9.98. The van der Waals surface area contributed by atoms with Gasteiger partial charge in [-0.15, -0.1) is 0 Å². The molecule has 1 saturated heterocycles. The Balaban J connectivity index is 1.28. The van der Waals surface area contributed by atoms with Gasteiger partial charge in [-0.2, -0.15) is 0 Å². The van der Waals surface area contributed by atoms with E-state index in [9.17, 15) is 9.18 Å². The molecular weight excluding hydrogens is 379 g/mol. The summed E-state index contributed by atoms with van der Waals surface area (Å²) in [6.45, 7) is 2.79. The SMILES string of the molecule is Cc1c(-c2ccc(O[C@@H]3CCN(C(=O)C4CC4)C[C@@H]3F)cc2)ccc2cccnc12. The van der Waals surface area contributed by atoms with Gasteiger partial charge in [0.15, 0.2) is 6.17 Å². The zero-order valence-corrected chi connectivity index (χ0v) is 17.1. The molecule has 1 aromatic heterocycles. The van der Waals surface area contributed by atoms with E-state index >= 15 is 0 Å². The topological polar surface area (TPSA) is 42.4 Å². The van der Waals surface area contributed by atoms with Gasteiger partial charge >= 0.3 is 0 Å². The van der Waals surface area contributed by atoms with Crippen LogP contribution in [0.5, 0.6) is 5.75 Å². The van der Waals surface area contributed by atoms with Crippen molar-refractivity contribution in [3.63, 3.8) is 0 Å². The van der Waals surface area contributed by atoms with E-state index in [1.165, 1.54) is 0 Å². The van der Waals surface area contributed by atoms with Crippen molar-refractivity contribution in [2.24, 2.45) is 5.92 Å². The van der Waals surface area contributed by atoms with E-state index in [0.29, 0.717) is 18.7 Å². The molecule has 2 aliphatic rings. The Labute approximate surface area is 175 Å². The number of carbonyl (C=O) groups is 1. The van der Waals surface area contributed by atoms with E-state index in [4.69, 9.17) is 4.74 Å². The van der Waals surface area contributed by atoms with Crippen LogP contribution in [0.3, 0.4) is 0 Å². The van der Waals surface area contributed by atoms with Gasteiger partial charge < -0.3 is 9.64 Å². The summed E-state index contributed by atoms with van der Waals surface area (Å²) in [5.41, 5.74) is 4.35. The first-order chi connectivity index (χ1) is 14.6. The fraction of sp³-hybridized carbons (Fsp3) is 0.360. The standard InChI is InChI=1S/C25H25FN2O2/c1-16-21(11-8-18-3-2-13-27-24(16)18)17-6-9-20(10-7-17)30-23-12-14-28(15-22(23)26)25(29)19-4-5-19/h2-3,6-11,13,19,22-23H,4-5,12,14-15H2,1H3/t22-,23+/m0/s1. The van der Waals surface area contributed by atoms with Crippen molar-refractivity contribution in [2.75, 3.05) is 13.1 Å². The summed E-state index contributed by atoms with van der Waals surface area (Å²) in [5.74, 6) is 0.904. The number of rotatable bonds is 4. The number of hydrogen-bond acceptors (Lipinski definition) is 3. The highest BCUT2D eigenvalue weighted by molar-refractivity contribution is 5.88. The van der Waals surface area contributed by atoms with Gasteiger partial charge in [0.25, 0.3) is 0 Å². The quantitative estimate of drug-likeness (QED) is 0.619. The van der Waals surface area contributed by atoms with Crippen LogP contribution in [0.4, 0.5) is 4.39 Å². The molecule has 0 radical (unpaired) electrons. The Bertz CT molecular complexity index is 1080. The summed E-state index contributed by atoms with van der Waals surface area (Å²) in [4.78, 5) is 18.3. The number of carbonyl (C=O) groups excluding carboxylic acids is 1. The maximum absolute atomic E-state index is 14.6. The number of likely N-dealkylation sites (tertiary alicyclic amines) is 1. The number of pyridine rings is 1. The second kappa shape index (κ2) is 7.71. The third-order valence-electron chi connectivity index (χ3n) is 6.20. The highest BCUT2D eigenvalue weighted by atomic mass is 19.1. The van der Waals surface area contributed by atoms with E-state index in [0.717, 1.165) is 40.4 Å². The number of alkyl halides is 1. The second-order valence-electron chi connectivity index (χ2n) is 8.36. The van der Waals surface area contributed by atoms with E-state index in [-0.39, 0.29) is 18.4 Å². The van der Waals surface area contributed by atoms with Gasteiger partial charge in [-0.05, 0) is 54.7 Å². The number of halogens is 1. The molecule has 2 atom stereocenters. The van der Waals surface area contributed by atoms with Crippen LogP contribution in [-0.4, -0.2) is 41.2 Å². The molecule has 0 N–H and O–H groups in total. The Morgan fingerprint density at radius 3 is 2.63 bits per heavy atom. The number of nitrogens with zero attached hydrogens (tertiary/aromatic N) is 2. The monoisotopic (exact) mass is 404 g/mol. The van der Waals surface area contributed by atoms with E-state index in [2.05, 4.69) is 30.1 Å². The number of aromatic nitrogens is 1. The van der Waals surface area contributed by atoms with E-state index in [1.807, 2.05) is 36.5 Å². The molecule has 154 valence electrons. The van der Waals surface area contributed by atoms with Crippen LogP contribution < -0.4 is 4.74 Å². The van der Waals surface area contributed by atoms with Crippen molar-refractivity contribution in [1.82, 2.24) is 9.88 Å². The molecule has 2 heterocycles. The fourth-order valence-corrected chi connectivity index (χ4v) is 4.30. The molecule has 1 aliphatic heterocycles. The zero-order valence-electron chi connectivity index (χ0n) is 17.1. The van der Waals surface area contributed by atoms with Gasteiger partial charge in [0.05, 0.1) is 12.1 Å². The van der Waals surface area contributed by atoms with Gasteiger partial charge in [-0.25, -0.2) is 4.39 Å². The summed E-state index contributed by atoms with van der Waals surface area (Å²) in [6, 6.07) is 16.0. The van der Waals surface area contributed by atoms with E-state index < -0.39 is 12.3 Å². The Kier molecular flexibility index (Phi) is 4.89. The molecule has 1 amide bonds. The average Bonchev–Trinajstić information content (AvgIpc) is 3.61. The van der Waals surface area contributed by atoms with Crippen molar-refractivity contribution in [3.8, 4) is 16.9 Å². The normalized spacial score (nSPS) is 21.6. The predicted molar refractivity (Wildman–Crippen MR) is 115 cm³/mol. The Hall–Kier alpha value is -2.95. The number of benzene rings is 2. The van der Waals surface area contributed by atoms with E-state index in [1.54, 1.807) is 4.90 Å². The van der Waals surface area contributed by atoms with Crippen LogP contribution in [0.2, 0.25) is 0 Å². The van der Waals surface area contributed by atoms with Crippen LogP contribution in [0.25, 0.3) is 22.0 Å². The third-order valence-corrected chi connectivity index (χ3v) is 6.20. The summed E-state index contributed by atoms with van der Waals surface area (Å²) >= 11 is 0. The first-order valence-electron chi connectivity index (χ1n) is 10.6. The number of fused-ring (bicyclic) bond motifs is 1. The van der Waals surface area contributed by atoms with Crippen LogP contribution >= 0.6 is 0 Å². The zero-order chi connectivity index (χ0) is 20.7. The van der Waals surface area contributed by atoms with Gasteiger partial charge in [-0.3, -0.25) is 9.78 Å². The van der Waals surface area contributed by atoms with Gasteiger partial charge in [0.2, 0.25) is 5.91 Å². The highest BCUT2D eigenvalue weighted by Crippen LogP contribution is 2.33. The minimum Gasteiger partial charge on any atom is -0.487 e. The molecule has 0 bridgehead atoms. The third kappa shape index (κ3) is 3.64. The molecule has 1 saturated carbocycles. The maximum Gasteiger partial charge on any atom is 0.225 e. The van der Waals surface area contributed by atoms with Crippen molar-refractivity contribution in [1.29, 1.82) is 0 Å². The Morgan fingerprint density at radius 1 is 1.10 bits per heavy atom. The lowest BCUT2D eigenvalue weighted by Crippen LogP contribution is -2.49. The number of hydrogen-bond donors (Lipinski definition) is 0. The number of ether oxygens (including phenoxy) is 1. The predicted octanol–water partition coefficient (Wildman–Crippen LogP) is 4.94. The van der Waals surface area contributed by atoms with Crippen molar-refractivity contribution < 1.29 is 13.9 Å². The first kappa shape index (κ1) is 19.0. The Morgan fingerprint density at radius 2 is 1.90 bits per heavy atom. The summed E-state index contributed by atoms with van der Waals surface area (Å²) in [7, 11) is 0. The first-order valence-corrected chi connectivity index (χ1v) is 10.6. The van der Waals surface area contributed by atoms with Crippen molar-refractivity contribution >= 4 is 16.8 Å². The number of amides is 1. The van der Waals surface area contributed by atoms with Crippen LogP contribution in [-0.2, 0) is 4.79 Å². The number of piperidine rings is 1. The molecule has 4 nitrogen and oxygen atoms in total. The van der Waals surface area contributed by atoms with Crippen molar-refractivity contribution in [3.05, 3.63) is 60.3 Å². The molecule has 5 rings (SSSR count). The minimum atomic E-state index is -1.16. The molecule has 3 aromatic rings. The molecule has 0 unspecified atom stereocenters. The van der Waals surface area contributed by atoms with Crippen LogP contribution in [0.15, 0.2) is 54.7 Å². The average molecular weight is 404 g/mol. The summed E-state index contributed by atoms with van der Waals surface area (Å²) in [5, 5.41) is 1.12. The smallest absolute Gasteiger partial charge is 0.225 e. The summed E-state index contributed by atoms with van der Waals surface area (Å²) in [6.07, 6.45) is 2.57. The second-order valence-corrected chi connectivity index (χ2v) is 8.36. The lowest BCUT2D eigenvalue weighted by Gasteiger charge is -2.35. The fourth-order valence-electron chi connectivity index (χ4n) is 4.30. The van der Waals surface area contributed by atoms with Crippen molar-refractivity contribution in [2.45, 2.75) is 38.5 Å². The highest BCUT2D eigenvalue weighted by Gasteiger charge is 2.38. The molecule has 2 fully saturated rings. The largest absolute Gasteiger partial charge is 0.487 e. The molecule has 5 heteroatoms.